The lowest BCUT2D eigenvalue weighted by Crippen LogP contribution is -2.39. The Morgan fingerprint density at radius 1 is 1.16 bits per heavy atom. The maximum atomic E-state index is 13.2. The van der Waals surface area contributed by atoms with Crippen molar-refractivity contribution in [2.45, 2.75) is 40.2 Å². The summed E-state index contributed by atoms with van der Waals surface area (Å²) in [5, 5.41) is 2.71. The van der Waals surface area contributed by atoms with Crippen LogP contribution < -0.4 is 5.32 Å². The van der Waals surface area contributed by atoms with Crippen molar-refractivity contribution >= 4 is 23.4 Å². The molecule has 0 saturated carbocycles. The molecule has 1 aromatic carbocycles. The van der Waals surface area contributed by atoms with E-state index in [1.165, 1.54) is 12.5 Å². The number of carbonyl (C=O) groups excluding carboxylic acids is 3. The van der Waals surface area contributed by atoms with Crippen molar-refractivity contribution < 1.29 is 14.4 Å². The largest absolute Gasteiger partial charge is 0.356 e. The van der Waals surface area contributed by atoms with Crippen LogP contribution in [0, 0.1) is 6.92 Å². The lowest BCUT2D eigenvalue weighted by molar-refractivity contribution is -0.131. The molecule has 2 N–H and O–H groups in total. The number of nitrogens with zero attached hydrogens (tertiary/aromatic N) is 2. The normalized spacial score (nSPS) is 13.1. The topological polar surface area (TPSA) is 95.2 Å². The molecule has 32 heavy (non-hydrogen) atoms. The van der Waals surface area contributed by atoms with E-state index < -0.39 is 0 Å². The van der Waals surface area contributed by atoms with E-state index in [2.05, 4.69) is 39.6 Å². The van der Waals surface area contributed by atoms with Crippen LogP contribution in [0.5, 0.6) is 0 Å². The molecule has 0 atom stereocenters. The number of nitrogens with one attached hydrogen (secondary N) is 2. The molecule has 0 spiro atoms. The van der Waals surface area contributed by atoms with E-state index in [0.717, 1.165) is 28.1 Å². The summed E-state index contributed by atoms with van der Waals surface area (Å²) in [5.74, 6) is 0.132. The second-order valence-electron chi connectivity index (χ2n) is 8.13. The van der Waals surface area contributed by atoms with Crippen molar-refractivity contribution in [2.24, 2.45) is 0 Å². The molecule has 0 bridgehead atoms. The number of aryl methyl sites for hydroxylation is 1. The number of carbonyl (C=O) groups is 3. The number of aromatic nitrogens is 2. The Bertz CT molecular complexity index is 1190. The average molecular weight is 431 g/mol. The molecule has 7 nitrogen and oxygen atoms in total. The predicted octanol–water partition coefficient (Wildman–Crippen LogP) is 3.87. The van der Waals surface area contributed by atoms with E-state index in [4.69, 9.17) is 0 Å². The molecule has 3 aromatic rings. The van der Waals surface area contributed by atoms with E-state index in [1.807, 2.05) is 13.0 Å². The first kappa shape index (κ1) is 21.5. The zero-order chi connectivity index (χ0) is 22.8. The molecule has 0 radical (unpaired) electrons. The first-order valence-electron chi connectivity index (χ1n) is 10.7. The Labute approximate surface area is 186 Å². The maximum Gasteiger partial charge on any atom is 0.223 e. The number of ketones is 1. The molecule has 0 unspecified atom stereocenters. The van der Waals surface area contributed by atoms with E-state index in [0.29, 0.717) is 30.8 Å². The molecule has 1 aliphatic rings. The standard InChI is InChI=1S/C25H26N4O3/c1-4-23(32)29-13-20-24(21(31)14-29)19(11-17-7-5-15(2)6-8-17)25(28-20)18-9-10-26-22(12-18)27-16(3)30/h5-10,12,28H,4,11,13-14H2,1-3H3,(H,26,27,30). The molecule has 7 heteroatoms. The van der Waals surface area contributed by atoms with Crippen molar-refractivity contribution in [3.63, 3.8) is 0 Å². The number of aromatic amines is 1. The Morgan fingerprint density at radius 3 is 2.59 bits per heavy atom. The molecule has 0 aliphatic carbocycles. The molecular weight excluding hydrogens is 404 g/mol. The molecule has 164 valence electrons. The van der Waals surface area contributed by atoms with Gasteiger partial charge < -0.3 is 15.2 Å². The van der Waals surface area contributed by atoms with Gasteiger partial charge >= 0.3 is 0 Å². The van der Waals surface area contributed by atoms with Crippen molar-refractivity contribution in [1.29, 1.82) is 0 Å². The van der Waals surface area contributed by atoms with Crippen LogP contribution in [0.1, 0.15) is 53.0 Å². The first-order chi connectivity index (χ1) is 15.4. The van der Waals surface area contributed by atoms with Crippen molar-refractivity contribution in [1.82, 2.24) is 14.9 Å². The summed E-state index contributed by atoms with van der Waals surface area (Å²) >= 11 is 0. The van der Waals surface area contributed by atoms with Crippen LogP contribution in [0.3, 0.4) is 0 Å². The summed E-state index contributed by atoms with van der Waals surface area (Å²) < 4.78 is 0. The third-order valence-corrected chi connectivity index (χ3v) is 5.65. The van der Waals surface area contributed by atoms with Gasteiger partial charge in [-0.1, -0.05) is 36.8 Å². The van der Waals surface area contributed by atoms with Crippen molar-refractivity contribution in [2.75, 3.05) is 11.9 Å². The van der Waals surface area contributed by atoms with Crippen LogP contribution in [-0.4, -0.2) is 39.0 Å². The molecule has 0 saturated heterocycles. The fourth-order valence-corrected chi connectivity index (χ4v) is 4.12. The number of fused-ring (bicyclic) bond motifs is 1. The van der Waals surface area contributed by atoms with Crippen molar-refractivity contribution in [3.05, 3.63) is 70.5 Å². The molecular formula is C25H26N4O3. The third kappa shape index (κ3) is 4.32. The zero-order valence-electron chi connectivity index (χ0n) is 18.5. The predicted molar refractivity (Wildman–Crippen MR) is 122 cm³/mol. The van der Waals surface area contributed by atoms with Crippen LogP contribution in [0.15, 0.2) is 42.6 Å². The quantitative estimate of drug-likeness (QED) is 0.642. The number of hydrogen-bond acceptors (Lipinski definition) is 4. The lowest BCUT2D eigenvalue weighted by Gasteiger charge is -2.26. The molecule has 2 aromatic heterocycles. The smallest absolute Gasteiger partial charge is 0.223 e. The first-order valence-corrected chi connectivity index (χ1v) is 10.7. The number of anilines is 1. The van der Waals surface area contributed by atoms with E-state index >= 15 is 0 Å². The molecule has 2 amide bonds. The highest BCUT2D eigenvalue weighted by Gasteiger charge is 2.31. The van der Waals surface area contributed by atoms with Gasteiger partial charge in [-0.2, -0.15) is 0 Å². The number of hydrogen-bond donors (Lipinski definition) is 2. The molecule has 4 rings (SSSR count). The van der Waals surface area contributed by atoms with Gasteiger partial charge in [0.25, 0.3) is 0 Å². The van der Waals surface area contributed by atoms with Crippen LogP contribution in [-0.2, 0) is 22.6 Å². The highest BCUT2D eigenvalue weighted by atomic mass is 16.2. The van der Waals surface area contributed by atoms with Gasteiger partial charge in [0, 0.05) is 42.8 Å². The summed E-state index contributed by atoms with van der Waals surface area (Å²) in [6.07, 6.45) is 2.56. The minimum absolute atomic E-state index is 0.0444. The minimum Gasteiger partial charge on any atom is -0.356 e. The fourth-order valence-electron chi connectivity index (χ4n) is 4.12. The second kappa shape index (κ2) is 8.78. The molecule has 0 fully saturated rings. The van der Waals surface area contributed by atoms with Crippen LogP contribution in [0.2, 0.25) is 0 Å². The zero-order valence-corrected chi connectivity index (χ0v) is 18.5. The molecule has 1 aliphatic heterocycles. The van der Waals surface area contributed by atoms with Crippen LogP contribution in [0.25, 0.3) is 11.3 Å². The Kier molecular flexibility index (Phi) is 5.90. The number of Topliss-reactive ketones (excluding diaryl/α,β-unsaturated/α-hetero) is 1. The maximum absolute atomic E-state index is 13.2. The number of pyridine rings is 1. The SMILES string of the molecule is CCC(=O)N1CC(=O)c2c([nH]c(-c3ccnc(NC(C)=O)c3)c2Cc2ccc(C)cc2)C1. The van der Waals surface area contributed by atoms with Gasteiger partial charge in [0.1, 0.15) is 5.82 Å². The summed E-state index contributed by atoms with van der Waals surface area (Å²) in [6.45, 7) is 5.73. The van der Waals surface area contributed by atoms with Crippen molar-refractivity contribution in [3.8, 4) is 11.3 Å². The summed E-state index contributed by atoms with van der Waals surface area (Å²) in [7, 11) is 0. The second-order valence-corrected chi connectivity index (χ2v) is 8.13. The van der Waals surface area contributed by atoms with Gasteiger partial charge in [-0.3, -0.25) is 14.4 Å². The number of amides is 2. The highest BCUT2D eigenvalue weighted by molar-refractivity contribution is 6.04. The van der Waals surface area contributed by atoms with E-state index in [1.54, 1.807) is 24.1 Å². The lowest BCUT2D eigenvalue weighted by atomic mass is 9.93. The Morgan fingerprint density at radius 2 is 1.91 bits per heavy atom. The van der Waals surface area contributed by atoms with Crippen LogP contribution in [0.4, 0.5) is 5.82 Å². The Balaban J connectivity index is 1.82. The third-order valence-electron chi connectivity index (χ3n) is 5.65. The van der Waals surface area contributed by atoms with Crippen LogP contribution >= 0.6 is 0 Å². The Hall–Kier alpha value is -3.74. The average Bonchev–Trinajstić information content (AvgIpc) is 3.13. The summed E-state index contributed by atoms with van der Waals surface area (Å²) in [5.41, 5.74) is 6.21. The number of benzene rings is 1. The number of H-pyrrole nitrogens is 1. The van der Waals surface area contributed by atoms with Gasteiger partial charge in [0.2, 0.25) is 11.8 Å². The summed E-state index contributed by atoms with van der Waals surface area (Å²) in [4.78, 5) is 46.1. The van der Waals surface area contributed by atoms with Gasteiger partial charge in [-0.05, 0) is 30.2 Å². The van der Waals surface area contributed by atoms with Gasteiger partial charge in [0.05, 0.1) is 18.8 Å². The monoisotopic (exact) mass is 430 g/mol. The number of rotatable bonds is 5. The van der Waals surface area contributed by atoms with E-state index in [-0.39, 0.29) is 24.1 Å². The molecule has 3 heterocycles. The van der Waals surface area contributed by atoms with Gasteiger partial charge in [-0.15, -0.1) is 0 Å². The minimum atomic E-state index is -0.204. The highest BCUT2D eigenvalue weighted by Crippen LogP contribution is 2.34. The summed E-state index contributed by atoms with van der Waals surface area (Å²) in [6, 6.07) is 11.9. The van der Waals surface area contributed by atoms with Gasteiger partial charge in [-0.25, -0.2) is 4.98 Å². The van der Waals surface area contributed by atoms with E-state index in [9.17, 15) is 14.4 Å². The fraction of sp³-hybridized carbons (Fsp3) is 0.280. The van der Waals surface area contributed by atoms with Gasteiger partial charge in [0.15, 0.2) is 5.78 Å².